The lowest BCUT2D eigenvalue weighted by molar-refractivity contribution is -0.123. The van der Waals surface area contributed by atoms with Crippen LogP contribution in [0, 0.1) is 0 Å². The van der Waals surface area contributed by atoms with Crippen molar-refractivity contribution in [3.8, 4) is 0 Å². The highest BCUT2D eigenvalue weighted by molar-refractivity contribution is 7.80. The van der Waals surface area contributed by atoms with Gasteiger partial charge in [-0.05, 0) is 37.9 Å². The Balaban J connectivity index is 1.93. The molecule has 2 rings (SSSR count). The largest absolute Gasteiger partial charge is 0.376 e. The molecule has 18 heavy (non-hydrogen) atoms. The first kappa shape index (κ1) is 13.5. The molecule has 1 atom stereocenters. The number of rotatable bonds is 5. The predicted molar refractivity (Wildman–Crippen MR) is 74.0 cm³/mol. The zero-order valence-electron chi connectivity index (χ0n) is 10.8. The molecule has 1 unspecified atom stereocenters. The van der Waals surface area contributed by atoms with Crippen molar-refractivity contribution in [3.05, 3.63) is 11.8 Å². The number of amides is 1. The van der Waals surface area contributed by atoms with Gasteiger partial charge in [-0.2, -0.15) is 0 Å². The Labute approximate surface area is 113 Å². The van der Waals surface area contributed by atoms with E-state index in [0.29, 0.717) is 17.4 Å². The molecule has 0 aromatic carbocycles. The lowest BCUT2D eigenvalue weighted by Gasteiger charge is -2.18. The van der Waals surface area contributed by atoms with E-state index in [2.05, 4.69) is 12.2 Å². The summed E-state index contributed by atoms with van der Waals surface area (Å²) in [6.45, 7) is 3.51. The quantitative estimate of drug-likeness (QED) is 0.470. The fourth-order valence-corrected chi connectivity index (χ4v) is 2.49. The van der Waals surface area contributed by atoms with E-state index < -0.39 is 0 Å². The molecule has 4 nitrogen and oxygen atoms in total. The van der Waals surface area contributed by atoms with E-state index in [1.54, 1.807) is 4.90 Å². The number of hydrogen-bond donors (Lipinski definition) is 1. The number of ether oxygens (including phenoxy) is 1. The summed E-state index contributed by atoms with van der Waals surface area (Å²) in [5, 5.41) is 3.51. The molecule has 2 fully saturated rings. The van der Waals surface area contributed by atoms with E-state index in [9.17, 15) is 4.79 Å². The van der Waals surface area contributed by atoms with Gasteiger partial charge in [-0.1, -0.05) is 19.4 Å². The Hall–Kier alpha value is -0.940. The van der Waals surface area contributed by atoms with E-state index >= 15 is 0 Å². The van der Waals surface area contributed by atoms with Gasteiger partial charge in [0.2, 0.25) is 0 Å². The van der Waals surface area contributed by atoms with Crippen LogP contribution in [0.1, 0.15) is 39.0 Å². The van der Waals surface area contributed by atoms with Gasteiger partial charge in [-0.15, -0.1) is 0 Å². The van der Waals surface area contributed by atoms with Gasteiger partial charge >= 0.3 is 0 Å². The molecule has 1 amide bonds. The first-order chi connectivity index (χ1) is 8.72. The lowest BCUT2D eigenvalue weighted by Crippen LogP contribution is -2.37. The molecule has 0 aromatic rings. The van der Waals surface area contributed by atoms with Crippen LogP contribution in [0.3, 0.4) is 0 Å². The number of carbonyl (C=O) groups excluding carboxylic acids is 1. The van der Waals surface area contributed by atoms with Gasteiger partial charge in [0.15, 0.2) is 5.11 Å². The topological polar surface area (TPSA) is 41.6 Å². The first-order valence-electron chi connectivity index (χ1n) is 6.67. The fraction of sp³-hybridized carbons (Fsp3) is 0.692. The van der Waals surface area contributed by atoms with Gasteiger partial charge in [0, 0.05) is 6.61 Å². The zero-order valence-corrected chi connectivity index (χ0v) is 11.6. The van der Waals surface area contributed by atoms with E-state index in [-0.39, 0.29) is 12.0 Å². The SMILES string of the molecule is CCCC/C=C1/NC(=S)N(CC2CCCO2)C1=O. The number of nitrogens with zero attached hydrogens (tertiary/aromatic N) is 1. The maximum absolute atomic E-state index is 12.1. The van der Waals surface area contributed by atoms with Crippen LogP contribution in [0.2, 0.25) is 0 Å². The average Bonchev–Trinajstić information content (AvgIpc) is 2.94. The highest BCUT2D eigenvalue weighted by atomic mass is 32.1. The smallest absolute Gasteiger partial charge is 0.276 e. The third-order valence-electron chi connectivity index (χ3n) is 3.28. The standard InChI is InChI=1S/C13H20N2O2S/c1-2-3-4-7-11-12(16)15(13(18)14-11)9-10-6-5-8-17-10/h7,10H,2-6,8-9H2,1H3,(H,14,18)/b11-7+. The van der Waals surface area contributed by atoms with Crippen LogP contribution >= 0.6 is 12.2 Å². The van der Waals surface area contributed by atoms with Gasteiger partial charge in [0.05, 0.1) is 12.6 Å². The molecule has 2 saturated heterocycles. The molecule has 0 saturated carbocycles. The van der Waals surface area contributed by atoms with Crippen LogP contribution in [0.15, 0.2) is 11.8 Å². The molecular weight excluding hydrogens is 248 g/mol. The van der Waals surface area contributed by atoms with Crippen molar-refractivity contribution in [1.29, 1.82) is 0 Å². The molecule has 0 radical (unpaired) electrons. The second-order valence-corrected chi connectivity index (χ2v) is 5.13. The number of carbonyl (C=O) groups is 1. The van der Waals surface area contributed by atoms with E-state index in [0.717, 1.165) is 38.7 Å². The number of thiocarbonyl (C=S) groups is 1. The summed E-state index contributed by atoms with van der Waals surface area (Å²) >= 11 is 5.21. The van der Waals surface area contributed by atoms with Gasteiger partial charge < -0.3 is 10.1 Å². The Bertz CT molecular complexity index is 362. The summed E-state index contributed by atoms with van der Waals surface area (Å²) in [5.41, 5.74) is 0.631. The van der Waals surface area contributed by atoms with Crippen molar-refractivity contribution in [2.24, 2.45) is 0 Å². The van der Waals surface area contributed by atoms with Gasteiger partial charge in [0.1, 0.15) is 5.70 Å². The summed E-state index contributed by atoms with van der Waals surface area (Å²) < 4.78 is 5.54. The van der Waals surface area contributed by atoms with Crippen LogP contribution < -0.4 is 5.32 Å². The van der Waals surface area contributed by atoms with Crippen molar-refractivity contribution in [2.45, 2.75) is 45.1 Å². The summed E-state index contributed by atoms with van der Waals surface area (Å²) in [6.07, 6.45) is 7.32. The molecule has 0 bridgehead atoms. The minimum atomic E-state index is -0.00777. The van der Waals surface area contributed by atoms with Crippen molar-refractivity contribution in [3.63, 3.8) is 0 Å². The highest BCUT2D eigenvalue weighted by Crippen LogP contribution is 2.18. The average molecular weight is 268 g/mol. The van der Waals surface area contributed by atoms with Crippen molar-refractivity contribution in [2.75, 3.05) is 13.2 Å². The van der Waals surface area contributed by atoms with Gasteiger partial charge in [-0.3, -0.25) is 9.69 Å². The number of hydrogen-bond acceptors (Lipinski definition) is 3. The van der Waals surface area contributed by atoms with E-state index in [1.807, 2.05) is 6.08 Å². The summed E-state index contributed by atoms with van der Waals surface area (Å²) in [6, 6.07) is 0. The van der Waals surface area contributed by atoms with Crippen molar-refractivity contribution >= 4 is 23.2 Å². The normalized spacial score (nSPS) is 26.2. The molecule has 100 valence electrons. The van der Waals surface area contributed by atoms with E-state index in [1.165, 1.54) is 0 Å². The Morgan fingerprint density at radius 1 is 1.61 bits per heavy atom. The maximum Gasteiger partial charge on any atom is 0.276 e. The van der Waals surface area contributed by atoms with Gasteiger partial charge in [0.25, 0.3) is 5.91 Å². The number of allylic oxidation sites excluding steroid dienone is 1. The third kappa shape index (κ3) is 3.09. The lowest BCUT2D eigenvalue weighted by atomic mass is 10.2. The molecule has 0 aromatic heterocycles. The number of unbranched alkanes of at least 4 members (excludes halogenated alkanes) is 2. The molecule has 2 heterocycles. The predicted octanol–water partition coefficient (Wildman–Crippen LogP) is 1.96. The molecule has 1 N–H and O–H groups in total. The summed E-state index contributed by atoms with van der Waals surface area (Å²) in [7, 11) is 0. The van der Waals surface area contributed by atoms with Crippen LogP contribution in [0.25, 0.3) is 0 Å². The minimum absolute atomic E-state index is 0.00777. The first-order valence-corrected chi connectivity index (χ1v) is 7.07. The van der Waals surface area contributed by atoms with Gasteiger partial charge in [-0.25, -0.2) is 0 Å². The molecule has 5 heteroatoms. The third-order valence-corrected chi connectivity index (χ3v) is 3.60. The fourth-order valence-electron chi connectivity index (χ4n) is 2.22. The van der Waals surface area contributed by atoms with Crippen LogP contribution in [-0.2, 0) is 9.53 Å². The van der Waals surface area contributed by atoms with Crippen molar-refractivity contribution in [1.82, 2.24) is 10.2 Å². The van der Waals surface area contributed by atoms with Crippen LogP contribution in [-0.4, -0.2) is 35.2 Å². The van der Waals surface area contributed by atoms with Crippen molar-refractivity contribution < 1.29 is 9.53 Å². The Morgan fingerprint density at radius 3 is 3.11 bits per heavy atom. The zero-order chi connectivity index (χ0) is 13.0. The molecule has 2 aliphatic rings. The minimum Gasteiger partial charge on any atom is -0.376 e. The summed E-state index contributed by atoms with van der Waals surface area (Å²) in [4.78, 5) is 13.8. The van der Waals surface area contributed by atoms with Crippen LogP contribution in [0.5, 0.6) is 0 Å². The maximum atomic E-state index is 12.1. The van der Waals surface area contributed by atoms with Crippen LogP contribution in [0.4, 0.5) is 0 Å². The molecular formula is C13H20N2O2S. The molecule has 2 aliphatic heterocycles. The van der Waals surface area contributed by atoms with E-state index in [4.69, 9.17) is 17.0 Å². The Morgan fingerprint density at radius 2 is 2.44 bits per heavy atom. The second-order valence-electron chi connectivity index (χ2n) is 4.74. The monoisotopic (exact) mass is 268 g/mol. The molecule has 0 spiro atoms. The Kier molecular flexibility index (Phi) is 4.72. The number of nitrogens with one attached hydrogen (secondary N) is 1. The highest BCUT2D eigenvalue weighted by Gasteiger charge is 2.33. The molecule has 0 aliphatic carbocycles. The second kappa shape index (κ2) is 6.29. The summed E-state index contributed by atoms with van der Waals surface area (Å²) in [5.74, 6) is -0.00777.